The first-order valence-electron chi connectivity index (χ1n) is 6.84. The van der Waals surface area contributed by atoms with E-state index in [1.807, 2.05) is 23.1 Å². The fraction of sp³-hybridized carbons (Fsp3) is 0.533. The Hall–Kier alpha value is -1.35. The molecule has 0 spiro atoms. The van der Waals surface area contributed by atoms with E-state index in [1.165, 1.54) is 12.0 Å². The Morgan fingerprint density at radius 2 is 1.83 bits per heavy atom. The first-order valence-corrected chi connectivity index (χ1v) is 6.84. The summed E-state index contributed by atoms with van der Waals surface area (Å²) in [5.74, 6) is 0.412. The third kappa shape index (κ3) is 3.33. The molecule has 0 radical (unpaired) electrons. The molecule has 1 atom stereocenters. The van der Waals surface area contributed by atoms with Gasteiger partial charge in [0.25, 0.3) is 0 Å². The highest BCUT2D eigenvalue weighted by molar-refractivity contribution is 5.77. The number of hydrogen-bond donors (Lipinski definition) is 1. The molecule has 3 nitrogen and oxygen atoms in total. The molecule has 98 valence electrons. The SMILES string of the molecule is NCC(CC(=O)N1CCCCC1)c1ccccc1. The van der Waals surface area contributed by atoms with E-state index in [0.29, 0.717) is 13.0 Å². The van der Waals surface area contributed by atoms with E-state index >= 15 is 0 Å². The highest BCUT2D eigenvalue weighted by atomic mass is 16.2. The highest BCUT2D eigenvalue weighted by Gasteiger charge is 2.20. The van der Waals surface area contributed by atoms with Crippen molar-refractivity contribution in [2.24, 2.45) is 5.73 Å². The van der Waals surface area contributed by atoms with Crippen LogP contribution < -0.4 is 5.73 Å². The minimum atomic E-state index is 0.153. The van der Waals surface area contributed by atoms with Crippen molar-refractivity contribution in [3.8, 4) is 0 Å². The lowest BCUT2D eigenvalue weighted by Crippen LogP contribution is -2.37. The Bertz CT molecular complexity index is 371. The van der Waals surface area contributed by atoms with Crippen LogP contribution in [0.25, 0.3) is 0 Å². The maximum absolute atomic E-state index is 12.2. The van der Waals surface area contributed by atoms with Crippen LogP contribution in [0.2, 0.25) is 0 Å². The quantitative estimate of drug-likeness (QED) is 0.884. The fourth-order valence-corrected chi connectivity index (χ4v) is 2.55. The van der Waals surface area contributed by atoms with Crippen LogP contribution in [0.15, 0.2) is 30.3 Å². The molecule has 1 aromatic rings. The summed E-state index contributed by atoms with van der Waals surface area (Å²) in [6, 6.07) is 10.1. The number of carbonyl (C=O) groups excluding carboxylic acids is 1. The largest absolute Gasteiger partial charge is 0.343 e. The molecule has 1 aromatic carbocycles. The van der Waals surface area contributed by atoms with Crippen molar-refractivity contribution in [1.29, 1.82) is 0 Å². The maximum atomic E-state index is 12.2. The van der Waals surface area contributed by atoms with Gasteiger partial charge in [-0.25, -0.2) is 0 Å². The van der Waals surface area contributed by atoms with E-state index in [9.17, 15) is 4.79 Å². The standard InChI is InChI=1S/C15H22N2O/c16-12-14(13-7-3-1-4-8-13)11-15(18)17-9-5-2-6-10-17/h1,3-4,7-8,14H,2,5-6,9-12,16H2. The molecule has 1 aliphatic rings. The van der Waals surface area contributed by atoms with E-state index in [4.69, 9.17) is 5.73 Å². The van der Waals surface area contributed by atoms with Crippen molar-refractivity contribution in [3.63, 3.8) is 0 Å². The molecular weight excluding hydrogens is 224 g/mol. The Labute approximate surface area is 109 Å². The van der Waals surface area contributed by atoms with E-state index in [0.717, 1.165) is 25.9 Å². The molecule has 0 aliphatic carbocycles. The predicted octanol–water partition coefficient (Wildman–Crippen LogP) is 2.13. The Morgan fingerprint density at radius 3 is 2.44 bits per heavy atom. The third-order valence-corrected chi connectivity index (χ3v) is 3.69. The zero-order valence-corrected chi connectivity index (χ0v) is 10.8. The third-order valence-electron chi connectivity index (χ3n) is 3.69. The number of nitrogens with two attached hydrogens (primary N) is 1. The highest BCUT2D eigenvalue weighted by Crippen LogP contribution is 2.20. The van der Waals surface area contributed by atoms with Gasteiger partial charge in [0, 0.05) is 25.4 Å². The second-order valence-corrected chi connectivity index (χ2v) is 4.99. The van der Waals surface area contributed by atoms with Gasteiger partial charge in [-0.15, -0.1) is 0 Å². The van der Waals surface area contributed by atoms with Crippen LogP contribution >= 0.6 is 0 Å². The Morgan fingerprint density at radius 1 is 1.17 bits per heavy atom. The second kappa shape index (κ2) is 6.55. The van der Waals surface area contributed by atoms with Gasteiger partial charge in [-0.1, -0.05) is 30.3 Å². The molecule has 18 heavy (non-hydrogen) atoms. The van der Waals surface area contributed by atoms with Gasteiger partial charge in [0.15, 0.2) is 0 Å². The van der Waals surface area contributed by atoms with Crippen molar-refractivity contribution in [2.45, 2.75) is 31.6 Å². The average Bonchev–Trinajstić information content (AvgIpc) is 2.46. The zero-order chi connectivity index (χ0) is 12.8. The Balaban J connectivity index is 1.95. The molecule has 1 heterocycles. The summed E-state index contributed by atoms with van der Waals surface area (Å²) < 4.78 is 0. The lowest BCUT2D eigenvalue weighted by Gasteiger charge is -2.28. The summed E-state index contributed by atoms with van der Waals surface area (Å²) >= 11 is 0. The summed E-state index contributed by atoms with van der Waals surface area (Å²) in [6.07, 6.45) is 4.08. The summed E-state index contributed by atoms with van der Waals surface area (Å²) in [4.78, 5) is 14.2. The number of amides is 1. The van der Waals surface area contributed by atoms with E-state index in [-0.39, 0.29) is 11.8 Å². The Kier molecular flexibility index (Phi) is 4.76. The fourth-order valence-electron chi connectivity index (χ4n) is 2.55. The van der Waals surface area contributed by atoms with Crippen LogP contribution in [-0.2, 0) is 4.79 Å². The summed E-state index contributed by atoms with van der Waals surface area (Å²) in [5.41, 5.74) is 6.98. The van der Waals surface area contributed by atoms with Gasteiger partial charge in [-0.05, 0) is 31.4 Å². The first-order chi connectivity index (χ1) is 8.81. The van der Waals surface area contributed by atoms with Crippen molar-refractivity contribution in [2.75, 3.05) is 19.6 Å². The van der Waals surface area contributed by atoms with Crippen LogP contribution in [-0.4, -0.2) is 30.4 Å². The molecule has 1 fully saturated rings. The van der Waals surface area contributed by atoms with Gasteiger partial charge in [-0.2, -0.15) is 0 Å². The lowest BCUT2D eigenvalue weighted by molar-refractivity contribution is -0.132. The van der Waals surface area contributed by atoms with E-state index in [1.54, 1.807) is 0 Å². The van der Waals surface area contributed by atoms with Gasteiger partial charge in [0.2, 0.25) is 5.91 Å². The normalized spacial score (nSPS) is 17.5. The molecule has 2 N–H and O–H groups in total. The van der Waals surface area contributed by atoms with Crippen molar-refractivity contribution >= 4 is 5.91 Å². The molecule has 0 saturated carbocycles. The minimum Gasteiger partial charge on any atom is -0.343 e. The van der Waals surface area contributed by atoms with Gasteiger partial charge in [-0.3, -0.25) is 4.79 Å². The van der Waals surface area contributed by atoms with Crippen LogP contribution in [0.4, 0.5) is 0 Å². The first kappa shape index (κ1) is 13.1. The number of rotatable bonds is 4. The van der Waals surface area contributed by atoms with E-state index < -0.39 is 0 Å². The topological polar surface area (TPSA) is 46.3 Å². The maximum Gasteiger partial charge on any atom is 0.223 e. The number of hydrogen-bond acceptors (Lipinski definition) is 2. The number of piperidine rings is 1. The van der Waals surface area contributed by atoms with Crippen LogP contribution in [0.3, 0.4) is 0 Å². The molecule has 3 heteroatoms. The van der Waals surface area contributed by atoms with Crippen molar-refractivity contribution in [1.82, 2.24) is 4.90 Å². The number of carbonyl (C=O) groups is 1. The van der Waals surface area contributed by atoms with Gasteiger partial charge in [0.1, 0.15) is 0 Å². The molecule has 2 rings (SSSR count). The van der Waals surface area contributed by atoms with Gasteiger partial charge < -0.3 is 10.6 Å². The van der Waals surface area contributed by atoms with E-state index in [2.05, 4.69) is 12.1 Å². The lowest BCUT2D eigenvalue weighted by atomic mass is 9.95. The average molecular weight is 246 g/mol. The predicted molar refractivity (Wildman–Crippen MR) is 73.3 cm³/mol. The molecule has 1 aliphatic heterocycles. The molecule has 0 aromatic heterocycles. The van der Waals surface area contributed by atoms with Crippen molar-refractivity contribution < 1.29 is 4.79 Å². The van der Waals surface area contributed by atoms with Crippen LogP contribution in [0.1, 0.15) is 37.2 Å². The number of benzene rings is 1. The zero-order valence-electron chi connectivity index (χ0n) is 10.8. The minimum absolute atomic E-state index is 0.153. The van der Waals surface area contributed by atoms with Crippen molar-refractivity contribution in [3.05, 3.63) is 35.9 Å². The van der Waals surface area contributed by atoms with Gasteiger partial charge >= 0.3 is 0 Å². The van der Waals surface area contributed by atoms with Crippen LogP contribution in [0.5, 0.6) is 0 Å². The molecule has 1 saturated heterocycles. The second-order valence-electron chi connectivity index (χ2n) is 4.99. The monoisotopic (exact) mass is 246 g/mol. The summed E-state index contributed by atoms with van der Waals surface area (Å²) in [7, 11) is 0. The number of nitrogens with zero attached hydrogens (tertiary/aromatic N) is 1. The summed E-state index contributed by atoms with van der Waals surface area (Å²) in [5, 5.41) is 0. The number of likely N-dealkylation sites (tertiary alicyclic amines) is 1. The smallest absolute Gasteiger partial charge is 0.223 e. The molecule has 1 unspecified atom stereocenters. The molecule has 0 bridgehead atoms. The van der Waals surface area contributed by atoms with Crippen LogP contribution in [0, 0.1) is 0 Å². The molecule has 1 amide bonds. The summed E-state index contributed by atoms with van der Waals surface area (Å²) in [6.45, 7) is 2.37. The molecular formula is C15H22N2O. The van der Waals surface area contributed by atoms with Gasteiger partial charge in [0.05, 0.1) is 0 Å².